The fourth-order valence-electron chi connectivity index (χ4n) is 2.47. The summed E-state index contributed by atoms with van der Waals surface area (Å²) in [5, 5.41) is 7.93. The summed E-state index contributed by atoms with van der Waals surface area (Å²) in [6.45, 7) is 0.167. The fraction of sp³-hybridized carbons (Fsp3) is 0.105. The molecule has 27 heavy (non-hydrogen) atoms. The number of thiazole rings is 1. The van der Waals surface area contributed by atoms with E-state index in [0.29, 0.717) is 16.4 Å². The number of nitrogens with one attached hydrogen (secondary N) is 2. The van der Waals surface area contributed by atoms with E-state index in [2.05, 4.69) is 15.6 Å². The number of fused-ring (bicyclic) bond motifs is 1. The first-order valence-electron chi connectivity index (χ1n) is 8.22. The Morgan fingerprint density at radius 1 is 1.04 bits per heavy atom. The maximum absolute atomic E-state index is 11.9. The van der Waals surface area contributed by atoms with Crippen LogP contribution in [-0.4, -0.2) is 23.3 Å². The standard InChI is InChI=1S/C19H15N3O3S2/c23-17(11-21-18(24)16-6-3-9-26-16)20-10-12-7-8-14(25-12)19-22-13-4-1-2-5-15(13)27-19/h1-9H,10-11H2,(H,20,23)(H,21,24). The Labute approximate surface area is 162 Å². The van der Waals surface area contributed by atoms with Gasteiger partial charge in [0.15, 0.2) is 10.8 Å². The number of amides is 2. The highest BCUT2D eigenvalue weighted by molar-refractivity contribution is 7.21. The van der Waals surface area contributed by atoms with E-state index in [-0.39, 0.29) is 24.9 Å². The molecule has 3 aromatic heterocycles. The lowest BCUT2D eigenvalue weighted by Crippen LogP contribution is -2.36. The maximum Gasteiger partial charge on any atom is 0.261 e. The predicted molar refractivity (Wildman–Crippen MR) is 106 cm³/mol. The molecule has 2 N–H and O–H groups in total. The van der Waals surface area contributed by atoms with Crippen molar-refractivity contribution < 1.29 is 14.0 Å². The zero-order valence-electron chi connectivity index (χ0n) is 14.1. The number of para-hydroxylation sites is 1. The van der Waals surface area contributed by atoms with Gasteiger partial charge in [0, 0.05) is 0 Å². The number of aromatic nitrogens is 1. The van der Waals surface area contributed by atoms with E-state index in [1.807, 2.05) is 41.8 Å². The van der Waals surface area contributed by atoms with Crippen molar-refractivity contribution in [2.75, 3.05) is 6.54 Å². The lowest BCUT2D eigenvalue weighted by molar-refractivity contribution is -0.120. The first kappa shape index (κ1) is 17.4. The number of thiophene rings is 1. The summed E-state index contributed by atoms with van der Waals surface area (Å²) in [6, 6.07) is 15.1. The number of carbonyl (C=O) groups excluding carboxylic acids is 2. The number of benzene rings is 1. The third-order valence-electron chi connectivity index (χ3n) is 3.78. The second kappa shape index (κ2) is 7.73. The summed E-state index contributed by atoms with van der Waals surface area (Å²) >= 11 is 2.89. The van der Waals surface area contributed by atoms with E-state index in [1.54, 1.807) is 23.5 Å². The molecular formula is C19H15N3O3S2. The Morgan fingerprint density at radius 2 is 1.93 bits per heavy atom. The summed E-state index contributed by atoms with van der Waals surface area (Å²) in [5.41, 5.74) is 0.935. The van der Waals surface area contributed by atoms with E-state index in [0.717, 1.165) is 15.2 Å². The van der Waals surface area contributed by atoms with Gasteiger partial charge in [-0.05, 0) is 35.7 Å². The molecule has 6 nitrogen and oxygen atoms in total. The van der Waals surface area contributed by atoms with Gasteiger partial charge >= 0.3 is 0 Å². The number of nitrogens with zero attached hydrogens (tertiary/aromatic N) is 1. The Hall–Kier alpha value is -2.97. The third kappa shape index (κ3) is 4.07. The Kier molecular flexibility index (Phi) is 4.99. The highest BCUT2D eigenvalue weighted by Gasteiger charge is 2.12. The van der Waals surface area contributed by atoms with E-state index < -0.39 is 0 Å². The molecule has 2 amide bonds. The van der Waals surface area contributed by atoms with Gasteiger partial charge in [0.1, 0.15) is 5.76 Å². The Bertz CT molecular complexity index is 1050. The number of carbonyl (C=O) groups is 2. The molecule has 0 atom stereocenters. The number of rotatable bonds is 6. The molecule has 3 heterocycles. The van der Waals surface area contributed by atoms with Crippen molar-refractivity contribution in [3.8, 4) is 10.8 Å². The maximum atomic E-state index is 11.9. The lowest BCUT2D eigenvalue weighted by Gasteiger charge is -2.04. The highest BCUT2D eigenvalue weighted by Crippen LogP contribution is 2.31. The molecule has 0 aliphatic rings. The molecule has 0 unspecified atom stereocenters. The molecule has 0 aliphatic heterocycles. The van der Waals surface area contributed by atoms with Crippen LogP contribution >= 0.6 is 22.7 Å². The summed E-state index contributed by atoms with van der Waals surface area (Å²) in [7, 11) is 0. The van der Waals surface area contributed by atoms with Crippen molar-refractivity contribution in [2.45, 2.75) is 6.54 Å². The van der Waals surface area contributed by atoms with Gasteiger partial charge in [0.25, 0.3) is 5.91 Å². The molecule has 1 aromatic carbocycles. The molecule has 8 heteroatoms. The van der Waals surface area contributed by atoms with Crippen LogP contribution in [0, 0.1) is 0 Å². The molecule has 0 saturated carbocycles. The zero-order chi connectivity index (χ0) is 18.6. The van der Waals surface area contributed by atoms with Gasteiger partial charge in [0.2, 0.25) is 5.91 Å². The minimum absolute atomic E-state index is 0.0812. The van der Waals surface area contributed by atoms with Crippen LogP contribution in [0.1, 0.15) is 15.4 Å². The SMILES string of the molecule is O=C(CNC(=O)c1cccs1)NCc1ccc(-c2nc3ccccc3s2)o1. The van der Waals surface area contributed by atoms with Crippen LogP contribution in [-0.2, 0) is 11.3 Å². The molecule has 0 saturated heterocycles. The first-order valence-corrected chi connectivity index (χ1v) is 9.92. The van der Waals surface area contributed by atoms with Crippen LogP contribution in [0.2, 0.25) is 0 Å². The van der Waals surface area contributed by atoms with Crippen molar-refractivity contribution in [1.82, 2.24) is 15.6 Å². The number of furan rings is 1. The van der Waals surface area contributed by atoms with Crippen molar-refractivity contribution in [2.24, 2.45) is 0 Å². The van der Waals surface area contributed by atoms with Gasteiger partial charge in [-0.15, -0.1) is 22.7 Å². The highest BCUT2D eigenvalue weighted by atomic mass is 32.1. The Balaban J connectivity index is 1.31. The van der Waals surface area contributed by atoms with Crippen molar-refractivity contribution in [1.29, 1.82) is 0 Å². The average molecular weight is 397 g/mol. The predicted octanol–water partition coefficient (Wildman–Crippen LogP) is 3.66. The summed E-state index contributed by atoms with van der Waals surface area (Å²) in [5.74, 6) is 0.766. The Morgan fingerprint density at radius 3 is 2.74 bits per heavy atom. The van der Waals surface area contributed by atoms with Crippen LogP contribution in [0.25, 0.3) is 21.0 Å². The molecule has 0 radical (unpaired) electrons. The van der Waals surface area contributed by atoms with Gasteiger partial charge in [-0.3, -0.25) is 9.59 Å². The fourth-order valence-corrected chi connectivity index (χ4v) is 4.04. The van der Waals surface area contributed by atoms with Gasteiger partial charge < -0.3 is 15.1 Å². The van der Waals surface area contributed by atoms with Crippen LogP contribution in [0.3, 0.4) is 0 Å². The summed E-state index contributed by atoms with van der Waals surface area (Å²) in [4.78, 5) is 28.9. The summed E-state index contributed by atoms with van der Waals surface area (Å²) in [6.07, 6.45) is 0. The third-order valence-corrected chi connectivity index (χ3v) is 5.70. The minimum Gasteiger partial charge on any atom is -0.457 e. The molecule has 4 aromatic rings. The van der Waals surface area contributed by atoms with Crippen LogP contribution < -0.4 is 10.6 Å². The van der Waals surface area contributed by atoms with Crippen LogP contribution in [0.15, 0.2) is 58.3 Å². The van der Waals surface area contributed by atoms with E-state index in [9.17, 15) is 9.59 Å². The number of hydrogen-bond donors (Lipinski definition) is 2. The van der Waals surface area contributed by atoms with Gasteiger partial charge in [-0.2, -0.15) is 0 Å². The van der Waals surface area contributed by atoms with E-state index >= 15 is 0 Å². The van der Waals surface area contributed by atoms with Gasteiger partial charge in [-0.1, -0.05) is 18.2 Å². The molecule has 0 aliphatic carbocycles. The molecule has 0 bridgehead atoms. The monoisotopic (exact) mass is 397 g/mol. The number of hydrogen-bond acceptors (Lipinski definition) is 6. The second-order valence-electron chi connectivity index (χ2n) is 5.69. The average Bonchev–Trinajstić information content (AvgIpc) is 3.43. The zero-order valence-corrected chi connectivity index (χ0v) is 15.7. The van der Waals surface area contributed by atoms with Gasteiger partial charge in [-0.25, -0.2) is 4.98 Å². The quantitative estimate of drug-likeness (QED) is 0.520. The molecule has 4 rings (SSSR count). The molecule has 0 spiro atoms. The second-order valence-corrected chi connectivity index (χ2v) is 7.67. The normalized spacial score (nSPS) is 10.8. The molecule has 0 fully saturated rings. The lowest BCUT2D eigenvalue weighted by atomic mass is 10.3. The molecular weight excluding hydrogens is 382 g/mol. The van der Waals surface area contributed by atoms with E-state index in [4.69, 9.17) is 4.42 Å². The topological polar surface area (TPSA) is 84.2 Å². The largest absolute Gasteiger partial charge is 0.457 e. The molecule has 136 valence electrons. The van der Waals surface area contributed by atoms with Crippen molar-refractivity contribution in [3.05, 3.63) is 64.5 Å². The van der Waals surface area contributed by atoms with Crippen LogP contribution in [0.5, 0.6) is 0 Å². The smallest absolute Gasteiger partial charge is 0.261 e. The van der Waals surface area contributed by atoms with Crippen molar-refractivity contribution >= 4 is 44.7 Å². The summed E-state index contributed by atoms with van der Waals surface area (Å²) < 4.78 is 6.88. The van der Waals surface area contributed by atoms with Crippen molar-refractivity contribution in [3.63, 3.8) is 0 Å². The van der Waals surface area contributed by atoms with Gasteiger partial charge in [0.05, 0.1) is 28.2 Å². The van der Waals surface area contributed by atoms with Crippen LogP contribution in [0.4, 0.5) is 0 Å². The first-order chi connectivity index (χ1) is 13.2. The minimum atomic E-state index is -0.280. The van der Waals surface area contributed by atoms with E-state index in [1.165, 1.54) is 11.3 Å².